The van der Waals surface area contributed by atoms with E-state index in [0.29, 0.717) is 23.0 Å². The summed E-state index contributed by atoms with van der Waals surface area (Å²) in [4.78, 5) is 18.4. The Bertz CT molecular complexity index is 719. The average molecular weight is 333 g/mol. The van der Waals surface area contributed by atoms with E-state index in [1.165, 1.54) is 11.3 Å². The molecule has 0 bridgehead atoms. The molecule has 1 aliphatic heterocycles. The number of aromatic nitrogens is 1. The summed E-state index contributed by atoms with van der Waals surface area (Å²) in [7, 11) is 0. The van der Waals surface area contributed by atoms with Gasteiger partial charge in [0.1, 0.15) is 5.70 Å². The van der Waals surface area contributed by atoms with Crippen LogP contribution in [0.5, 0.6) is 0 Å². The van der Waals surface area contributed by atoms with Crippen molar-refractivity contribution in [3.05, 3.63) is 35.2 Å². The van der Waals surface area contributed by atoms with Gasteiger partial charge in [0.25, 0.3) is 5.91 Å². The van der Waals surface area contributed by atoms with Gasteiger partial charge in [-0.1, -0.05) is 13.3 Å². The summed E-state index contributed by atoms with van der Waals surface area (Å²) in [5.41, 5.74) is 1.18. The highest BCUT2D eigenvalue weighted by Gasteiger charge is 2.30. The van der Waals surface area contributed by atoms with E-state index in [-0.39, 0.29) is 5.91 Å². The van der Waals surface area contributed by atoms with Gasteiger partial charge in [0.2, 0.25) is 0 Å². The quantitative estimate of drug-likeness (QED) is 0.672. The van der Waals surface area contributed by atoms with Gasteiger partial charge in [0, 0.05) is 11.9 Å². The molecule has 22 heavy (non-hydrogen) atoms. The van der Waals surface area contributed by atoms with Crippen LogP contribution in [0.25, 0.3) is 16.8 Å². The third-order valence-corrected chi connectivity index (χ3v) is 4.44. The van der Waals surface area contributed by atoms with Crippen LogP contribution in [0.15, 0.2) is 33.9 Å². The first-order valence-electron chi connectivity index (χ1n) is 7.03. The first-order valence-corrected chi connectivity index (χ1v) is 8.31. The van der Waals surface area contributed by atoms with Crippen LogP contribution in [0.1, 0.15) is 25.5 Å². The molecule has 0 atom stereocenters. The largest absolute Gasteiger partial charge is 0.462 e. The monoisotopic (exact) mass is 333 g/mol. The van der Waals surface area contributed by atoms with Crippen LogP contribution < -0.4 is 5.32 Å². The maximum atomic E-state index is 12.3. The van der Waals surface area contributed by atoms with Gasteiger partial charge in [-0.15, -0.1) is 11.3 Å². The standard InChI is InChI=1S/C15H15N3O2S2/c1-2-3-6-18-14(19)11(17-15(18)21)8-10-9-22-13(16-10)12-5-4-7-20-12/h4-5,7-9H,2-3,6H2,1H3,(H,17,21). The molecule has 114 valence electrons. The molecule has 3 rings (SSSR count). The second-order valence-corrected chi connectivity index (χ2v) is 6.10. The summed E-state index contributed by atoms with van der Waals surface area (Å²) in [6.07, 6.45) is 5.29. The molecule has 2 aromatic heterocycles. The number of thiazole rings is 1. The van der Waals surface area contributed by atoms with Gasteiger partial charge in [-0.25, -0.2) is 4.98 Å². The highest BCUT2D eigenvalue weighted by atomic mass is 32.1. The molecule has 1 amide bonds. The molecule has 0 aliphatic carbocycles. The number of thiocarbonyl (C=S) groups is 1. The van der Waals surface area contributed by atoms with Crippen molar-refractivity contribution in [2.45, 2.75) is 19.8 Å². The lowest BCUT2D eigenvalue weighted by molar-refractivity contribution is -0.122. The van der Waals surface area contributed by atoms with Crippen molar-refractivity contribution in [1.29, 1.82) is 0 Å². The molecule has 0 unspecified atom stereocenters. The number of hydrogen-bond donors (Lipinski definition) is 1. The first-order chi connectivity index (χ1) is 10.7. The first kappa shape index (κ1) is 14.9. The van der Waals surface area contributed by atoms with Gasteiger partial charge in [-0.05, 0) is 36.8 Å². The molecular formula is C15H15N3O2S2. The molecule has 2 aromatic rings. The summed E-state index contributed by atoms with van der Waals surface area (Å²) >= 11 is 6.69. The highest BCUT2D eigenvalue weighted by molar-refractivity contribution is 7.80. The van der Waals surface area contributed by atoms with Gasteiger partial charge in [0.05, 0.1) is 12.0 Å². The van der Waals surface area contributed by atoms with E-state index in [2.05, 4.69) is 17.2 Å². The van der Waals surface area contributed by atoms with E-state index in [0.717, 1.165) is 23.6 Å². The minimum atomic E-state index is -0.0917. The van der Waals surface area contributed by atoms with Crippen LogP contribution in [0, 0.1) is 0 Å². The number of hydrogen-bond acceptors (Lipinski definition) is 5. The topological polar surface area (TPSA) is 58.4 Å². The number of unbranched alkanes of at least 4 members (excludes halogenated alkanes) is 1. The van der Waals surface area contributed by atoms with E-state index >= 15 is 0 Å². The molecule has 1 fully saturated rings. The number of furan rings is 1. The van der Waals surface area contributed by atoms with Crippen molar-refractivity contribution in [2.24, 2.45) is 0 Å². The molecule has 3 heterocycles. The second-order valence-electron chi connectivity index (χ2n) is 4.85. The Labute approximate surface area is 137 Å². The summed E-state index contributed by atoms with van der Waals surface area (Å²) in [6, 6.07) is 3.68. The molecule has 5 nitrogen and oxygen atoms in total. The van der Waals surface area contributed by atoms with Crippen molar-refractivity contribution >= 4 is 40.7 Å². The Kier molecular flexibility index (Phi) is 4.35. The smallest absolute Gasteiger partial charge is 0.276 e. The fraction of sp³-hybridized carbons (Fsp3) is 0.267. The molecule has 1 N–H and O–H groups in total. The summed E-state index contributed by atoms with van der Waals surface area (Å²) < 4.78 is 5.32. The summed E-state index contributed by atoms with van der Waals surface area (Å²) in [6.45, 7) is 2.73. The van der Waals surface area contributed by atoms with E-state index in [1.54, 1.807) is 17.2 Å². The number of nitrogens with zero attached hydrogens (tertiary/aromatic N) is 2. The SMILES string of the molecule is CCCCN1C(=O)C(=Cc2csc(-c3ccco3)n2)NC1=S. The third-order valence-electron chi connectivity index (χ3n) is 3.24. The number of rotatable bonds is 5. The number of amides is 1. The summed E-state index contributed by atoms with van der Waals surface area (Å²) in [5.74, 6) is 0.631. The average Bonchev–Trinajstić information content (AvgIpc) is 3.21. The Morgan fingerprint density at radius 2 is 2.41 bits per heavy atom. The fourth-order valence-corrected chi connectivity index (χ4v) is 3.13. The van der Waals surface area contributed by atoms with Gasteiger partial charge in [-0.2, -0.15) is 0 Å². The lowest BCUT2D eigenvalue weighted by Gasteiger charge is -2.12. The van der Waals surface area contributed by atoms with Gasteiger partial charge >= 0.3 is 0 Å². The zero-order chi connectivity index (χ0) is 15.5. The predicted octanol–water partition coefficient (Wildman–Crippen LogP) is 3.26. The predicted molar refractivity (Wildman–Crippen MR) is 90.1 cm³/mol. The minimum Gasteiger partial charge on any atom is -0.462 e. The molecule has 0 saturated carbocycles. The molecule has 0 aromatic carbocycles. The van der Waals surface area contributed by atoms with Crippen molar-refractivity contribution < 1.29 is 9.21 Å². The van der Waals surface area contributed by atoms with Crippen molar-refractivity contribution in [3.63, 3.8) is 0 Å². The number of carbonyl (C=O) groups is 1. The lowest BCUT2D eigenvalue weighted by atomic mass is 10.3. The normalized spacial score (nSPS) is 16.6. The zero-order valence-corrected chi connectivity index (χ0v) is 13.7. The van der Waals surface area contributed by atoms with E-state index in [1.807, 2.05) is 17.5 Å². The second kappa shape index (κ2) is 6.41. The van der Waals surface area contributed by atoms with Crippen molar-refractivity contribution in [2.75, 3.05) is 6.54 Å². The maximum Gasteiger partial charge on any atom is 0.276 e. The Morgan fingerprint density at radius 3 is 3.14 bits per heavy atom. The van der Waals surface area contributed by atoms with E-state index in [9.17, 15) is 4.79 Å². The Balaban J connectivity index is 1.78. The number of nitrogens with one attached hydrogen (secondary N) is 1. The van der Waals surface area contributed by atoms with Crippen LogP contribution in [0.3, 0.4) is 0 Å². The fourth-order valence-electron chi connectivity index (χ4n) is 2.10. The Hall–Kier alpha value is -1.99. The van der Waals surface area contributed by atoms with Gasteiger partial charge in [0.15, 0.2) is 15.9 Å². The summed E-state index contributed by atoms with van der Waals surface area (Å²) in [5, 5.41) is 6.10. The molecule has 0 radical (unpaired) electrons. The maximum absolute atomic E-state index is 12.3. The molecular weight excluding hydrogens is 318 g/mol. The molecule has 1 aliphatic rings. The number of carbonyl (C=O) groups excluding carboxylic acids is 1. The van der Waals surface area contributed by atoms with Crippen LogP contribution in [0.2, 0.25) is 0 Å². The van der Waals surface area contributed by atoms with Gasteiger partial charge < -0.3 is 9.73 Å². The Morgan fingerprint density at radius 1 is 1.55 bits per heavy atom. The minimum absolute atomic E-state index is 0.0917. The van der Waals surface area contributed by atoms with Crippen molar-refractivity contribution in [3.8, 4) is 10.8 Å². The molecule has 7 heteroatoms. The lowest BCUT2D eigenvalue weighted by Crippen LogP contribution is -2.31. The van der Waals surface area contributed by atoms with Crippen LogP contribution in [-0.4, -0.2) is 27.4 Å². The third kappa shape index (κ3) is 2.95. The highest BCUT2D eigenvalue weighted by Crippen LogP contribution is 2.25. The van der Waals surface area contributed by atoms with Crippen LogP contribution in [0.4, 0.5) is 0 Å². The van der Waals surface area contributed by atoms with Crippen molar-refractivity contribution in [1.82, 2.24) is 15.2 Å². The zero-order valence-electron chi connectivity index (χ0n) is 12.0. The van der Waals surface area contributed by atoms with E-state index in [4.69, 9.17) is 16.6 Å². The molecule has 0 spiro atoms. The molecule has 1 saturated heterocycles. The van der Waals surface area contributed by atoms with E-state index < -0.39 is 0 Å². The van der Waals surface area contributed by atoms with Crippen LogP contribution in [-0.2, 0) is 4.79 Å². The van der Waals surface area contributed by atoms with Crippen LogP contribution >= 0.6 is 23.6 Å². The van der Waals surface area contributed by atoms with Gasteiger partial charge in [-0.3, -0.25) is 9.69 Å².